The highest BCUT2D eigenvalue weighted by molar-refractivity contribution is 5.76. The number of nitrogens with one attached hydrogen (secondary N) is 1. The molecule has 5 rings (SSSR count). The number of anilines is 1. The number of halogens is 1. The topological polar surface area (TPSA) is 83.9 Å². The monoisotopic (exact) mass is 525 g/mol. The molecule has 0 spiro atoms. The molecule has 3 aliphatic heterocycles. The Balaban J connectivity index is 1.12. The summed E-state index contributed by atoms with van der Waals surface area (Å²) in [5.41, 5.74) is 2.69. The van der Waals surface area contributed by atoms with E-state index in [0.717, 1.165) is 61.3 Å². The van der Waals surface area contributed by atoms with Crippen LogP contribution in [0.5, 0.6) is 0 Å². The number of likely N-dealkylation sites (tertiary alicyclic amines) is 1. The van der Waals surface area contributed by atoms with Crippen molar-refractivity contribution in [3.8, 4) is 0 Å². The molecule has 4 heterocycles. The molecule has 0 bridgehead atoms. The normalized spacial score (nSPS) is 26.5. The van der Waals surface area contributed by atoms with E-state index in [2.05, 4.69) is 17.4 Å². The molecule has 38 heavy (non-hydrogen) atoms. The third-order valence-corrected chi connectivity index (χ3v) is 8.06. The van der Waals surface area contributed by atoms with Gasteiger partial charge >= 0.3 is 5.97 Å². The highest BCUT2D eigenvalue weighted by atomic mass is 19.1. The van der Waals surface area contributed by atoms with E-state index in [9.17, 15) is 14.3 Å². The van der Waals surface area contributed by atoms with Crippen molar-refractivity contribution in [3.05, 3.63) is 58.8 Å². The van der Waals surface area contributed by atoms with E-state index in [1.54, 1.807) is 6.92 Å². The number of hydrogen-bond acceptors (Lipinski definition) is 6. The van der Waals surface area contributed by atoms with E-state index in [0.29, 0.717) is 32.5 Å². The number of pyridine rings is 1. The van der Waals surface area contributed by atoms with Crippen LogP contribution >= 0.6 is 0 Å². The molecule has 0 aliphatic carbocycles. The third-order valence-electron chi connectivity index (χ3n) is 8.06. The average Bonchev–Trinajstić information content (AvgIpc) is 3.37. The molecule has 0 amide bonds. The van der Waals surface area contributed by atoms with Crippen LogP contribution in [0, 0.1) is 0 Å². The molecule has 0 radical (unpaired) electrons. The number of hydrogen-bond donors (Lipinski definition) is 2. The fourth-order valence-electron chi connectivity index (χ4n) is 5.94. The zero-order valence-electron chi connectivity index (χ0n) is 22.3. The van der Waals surface area contributed by atoms with Gasteiger partial charge in [0.15, 0.2) is 0 Å². The summed E-state index contributed by atoms with van der Waals surface area (Å²) in [7, 11) is 0. The van der Waals surface area contributed by atoms with Crippen LogP contribution in [-0.4, -0.2) is 65.6 Å². The number of aliphatic carboxylic acids is 1. The first kappa shape index (κ1) is 27.0. The number of carboxylic acid groups (broad SMARTS) is 1. The van der Waals surface area contributed by atoms with Gasteiger partial charge in [-0.1, -0.05) is 30.3 Å². The Morgan fingerprint density at radius 2 is 2.16 bits per heavy atom. The summed E-state index contributed by atoms with van der Waals surface area (Å²) in [6, 6.07) is 11.1. The van der Waals surface area contributed by atoms with Crippen molar-refractivity contribution in [2.75, 3.05) is 38.2 Å². The Kier molecular flexibility index (Phi) is 8.61. The van der Waals surface area contributed by atoms with Gasteiger partial charge in [-0.3, -0.25) is 9.69 Å². The van der Waals surface area contributed by atoms with Crippen LogP contribution in [0.15, 0.2) is 36.4 Å². The number of fused-ring (bicyclic) bond motifs is 1. The van der Waals surface area contributed by atoms with Gasteiger partial charge in [0.2, 0.25) is 0 Å². The molecule has 206 valence electrons. The van der Waals surface area contributed by atoms with Gasteiger partial charge in [-0.15, -0.1) is 0 Å². The van der Waals surface area contributed by atoms with Gasteiger partial charge in [-0.05, 0) is 81.0 Å². The molecule has 2 saturated heterocycles. The van der Waals surface area contributed by atoms with E-state index in [-0.39, 0.29) is 18.8 Å². The lowest BCUT2D eigenvalue weighted by Crippen LogP contribution is -2.36. The molecule has 1 unspecified atom stereocenters. The standard InChI is InChI=1S/C30H40FN3O4/c1-30(31)15-13-26(38-20-30)24-9-2-3-10-25(24)27(29(35)36)34-17-14-23(19-34)37-18-5-4-8-22-12-11-21-7-6-16-32-28(21)33-22/h2-3,9-12,23,26-27H,4-8,13-20H2,1H3,(H,32,33)(H,35,36)/t23-,26-,27-,30?/m1/s1. The number of carboxylic acids is 1. The maximum absolute atomic E-state index is 14.3. The number of aromatic nitrogens is 1. The number of benzene rings is 1. The zero-order valence-corrected chi connectivity index (χ0v) is 22.3. The molecule has 4 atom stereocenters. The van der Waals surface area contributed by atoms with Crippen LogP contribution in [0.1, 0.15) is 80.0 Å². The zero-order chi connectivity index (χ0) is 26.5. The molecule has 2 fully saturated rings. The van der Waals surface area contributed by atoms with Gasteiger partial charge in [-0.25, -0.2) is 9.37 Å². The van der Waals surface area contributed by atoms with Gasteiger partial charge < -0.3 is 19.9 Å². The fourth-order valence-corrected chi connectivity index (χ4v) is 5.94. The molecule has 1 aromatic carbocycles. The predicted molar refractivity (Wildman–Crippen MR) is 144 cm³/mol. The van der Waals surface area contributed by atoms with Crippen molar-refractivity contribution in [1.29, 1.82) is 0 Å². The third kappa shape index (κ3) is 6.53. The molecule has 1 aromatic heterocycles. The van der Waals surface area contributed by atoms with Gasteiger partial charge in [0.1, 0.15) is 17.5 Å². The Bertz CT molecular complexity index is 1100. The van der Waals surface area contributed by atoms with E-state index >= 15 is 0 Å². The smallest absolute Gasteiger partial charge is 0.325 e. The minimum atomic E-state index is -1.33. The molecule has 3 aliphatic rings. The van der Waals surface area contributed by atoms with Crippen LogP contribution in [-0.2, 0) is 27.1 Å². The second-order valence-electron chi connectivity index (χ2n) is 11.2. The van der Waals surface area contributed by atoms with E-state index in [4.69, 9.17) is 14.5 Å². The average molecular weight is 526 g/mol. The number of aryl methyl sites for hydroxylation is 2. The molecule has 2 N–H and O–H groups in total. The highest BCUT2D eigenvalue weighted by Crippen LogP contribution is 2.39. The Hall–Kier alpha value is -2.55. The van der Waals surface area contributed by atoms with Crippen molar-refractivity contribution in [2.24, 2.45) is 0 Å². The molecular formula is C30H40FN3O4. The SMILES string of the molecule is CC1(F)CC[C@H](c2ccccc2[C@H](C(=O)O)N2CC[C@@H](OCCCCc3ccc4c(n3)NCCC4)C2)OC1. The summed E-state index contributed by atoms with van der Waals surface area (Å²) in [5.74, 6) is 0.165. The van der Waals surface area contributed by atoms with E-state index in [1.807, 2.05) is 29.2 Å². The second-order valence-corrected chi connectivity index (χ2v) is 11.2. The largest absolute Gasteiger partial charge is 0.480 e. The van der Waals surface area contributed by atoms with Crippen LogP contribution in [0.25, 0.3) is 0 Å². The first-order chi connectivity index (χ1) is 18.4. The highest BCUT2D eigenvalue weighted by Gasteiger charge is 2.38. The summed E-state index contributed by atoms with van der Waals surface area (Å²) in [4.78, 5) is 19.2. The summed E-state index contributed by atoms with van der Waals surface area (Å²) < 4.78 is 26.3. The van der Waals surface area contributed by atoms with Gasteiger partial charge in [-0.2, -0.15) is 0 Å². The van der Waals surface area contributed by atoms with E-state index in [1.165, 1.54) is 12.0 Å². The van der Waals surface area contributed by atoms with Gasteiger partial charge in [0.05, 0.1) is 18.8 Å². The van der Waals surface area contributed by atoms with Crippen LogP contribution in [0.2, 0.25) is 0 Å². The number of rotatable bonds is 10. The Morgan fingerprint density at radius 3 is 2.97 bits per heavy atom. The Morgan fingerprint density at radius 1 is 1.29 bits per heavy atom. The number of unbranched alkanes of at least 4 members (excludes halogenated alkanes) is 1. The quantitative estimate of drug-likeness (QED) is 0.410. The molecule has 7 nitrogen and oxygen atoms in total. The molecule has 0 saturated carbocycles. The van der Waals surface area contributed by atoms with Crippen molar-refractivity contribution < 1.29 is 23.8 Å². The lowest BCUT2D eigenvalue weighted by atomic mass is 9.89. The molecule has 8 heteroatoms. The van der Waals surface area contributed by atoms with Crippen LogP contribution in [0.4, 0.5) is 10.2 Å². The van der Waals surface area contributed by atoms with E-state index < -0.39 is 17.7 Å². The first-order valence-electron chi connectivity index (χ1n) is 14.1. The summed E-state index contributed by atoms with van der Waals surface area (Å²) >= 11 is 0. The fraction of sp³-hybridized carbons (Fsp3) is 0.600. The van der Waals surface area contributed by atoms with Gasteiger partial charge in [0.25, 0.3) is 0 Å². The predicted octanol–water partition coefficient (Wildman–Crippen LogP) is 5.26. The van der Waals surface area contributed by atoms with Crippen LogP contribution < -0.4 is 5.32 Å². The minimum absolute atomic E-state index is 0.0215. The number of ether oxygens (including phenoxy) is 2. The Labute approximate surface area is 224 Å². The van der Waals surface area contributed by atoms with Crippen LogP contribution in [0.3, 0.4) is 0 Å². The minimum Gasteiger partial charge on any atom is -0.480 e. The maximum atomic E-state index is 14.3. The van der Waals surface area contributed by atoms with Gasteiger partial charge in [0, 0.05) is 31.9 Å². The second kappa shape index (κ2) is 12.1. The molecular weight excluding hydrogens is 485 g/mol. The number of alkyl halides is 1. The van der Waals surface area contributed by atoms with Crippen molar-refractivity contribution in [3.63, 3.8) is 0 Å². The number of nitrogens with zero attached hydrogens (tertiary/aromatic N) is 2. The number of carbonyl (C=O) groups is 1. The summed E-state index contributed by atoms with van der Waals surface area (Å²) in [5, 5.41) is 13.6. The van der Waals surface area contributed by atoms with Crippen molar-refractivity contribution in [1.82, 2.24) is 9.88 Å². The lowest BCUT2D eigenvalue weighted by Gasteiger charge is -2.34. The maximum Gasteiger partial charge on any atom is 0.325 e. The first-order valence-corrected chi connectivity index (χ1v) is 14.1. The van der Waals surface area contributed by atoms with Crippen molar-refractivity contribution >= 4 is 11.8 Å². The lowest BCUT2D eigenvalue weighted by molar-refractivity contribution is -0.143. The summed E-state index contributed by atoms with van der Waals surface area (Å²) in [6.07, 6.45) is 6.64. The van der Waals surface area contributed by atoms with Crippen molar-refractivity contribution in [2.45, 2.75) is 82.2 Å². The molecule has 2 aromatic rings. The summed E-state index contributed by atoms with van der Waals surface area (Å²) in [6.45, 7) is 4.49.